The summed E-state index contributed by atoms with van der Waals surface area (Å²) in [7, 11) is 0. The summed E-state index contributed by atoms with van der Waals surface area (Å²) in [5.41, 5.74) is 6.37. The van der Waals surface area contributed by atoms with Gasteiger partial charge in [0.1, 0.15) is 5.82 Å². The lowest BCUT2D eigenvalue weighted by molar-refractivity contribution is -0.119. The average Bonchev–Trinajstić information content (AvgIpc) is 2.20. The fourth-order valence-electron chi connectivity index (χ4n) is 1.21. The molecule has 0 saturated carbocycles. The second-order valence-corrected chi connectivity index (χ2v) is 4.25. The Morgan fingerprint density at radius 2 is 2.27 bits per heavy atom. The van der Waals surface area contributed by atoms with Gasteiger partial charge in [0.15, 0.2) is 5.78 Å². The minimum atomic E-state index is -0.429. The highest BCUT2D eigenvalue weighted by Crippen LogP contribution is 2.19. The Labute approximate surface area is 96.8 Å². The predicted molar refractivity (Wildman–Crippen MR) is 61.1 cm³/mol. The molecule has 1 unspecified atom stereocenters. The summed E-state index contributed by atoms with van der Waals surface area (Å²) in [4.78, 5) is 11.5. The molecule has 2 N–H and O–H groups in total. The lowest BCUT2D eigenvalue weighted by Crippen LogP contribution is -2.30. The molecule has 0 fully saturated rings. The number of rotatable bonds is 4. The zero-order valence-electron chi connectivity index (χ0n) is 8.47. The lowest BCUT2D eigenvalue weighted by Gasteiger charge is -2.08. The number of ketones is 1. The fourth-order valence-corrected chi connectivity index (χ4v) is 1.70. The van der Waals surface area contributed by atoms with Crippen LogP contribution in [0.4, 0.5) is 4.39 Å². The molecular formula is C11H13BrFNO. The maximum absolute atomic E-state index is 12.8. The number of carbonyl (C=O) groups is 1. The molecule has 0 aliphatic rings. The number of hydrogen-bond acceptors (Lipinski definition) is 2. The van der Waals surface area contributed by atoms with E-state index in [2.05, 4.69) is 15.9 Å². The first-order valence-electron chi connectivity index (χ1n) is 4.76. The molecule has 15 heavy (non-hydrogen) atoms. The molecule has 0 aliphatic carbocycles. The topological polar surface area (TPSA) is 43.1 Å². The van der Waals surface area contributed by atoms with Crippen LogP contribution in [0.1, 0.15) is 18.9 Å². The molecule has 1 rings (SSSR count). The van der Waals surface area contributed by atoms with Crippen molar-refractivity contribution in [2.24, 2.45) is 5.73 Å². The van der Waals surface area contributed by atoms with Crippen LogP contribution in [0.3, 0.4) is 0 Å². The van der Waals surface area contributed by atoms with Crippen LogP contribution >= 0.6 is 15.9 Å². The van der Waals surface area contributed by atoms with E-state index < -0.39 is 6.04 Å². The maximum atomic E-state index is 12.8. The van der Waals surface area contributed by atoms with Crippen molar-refractivity contribution < 1.29 is 9.18 Å². The fraction of sp³-hybridized carbons (Fsp3) is 0.364. The third-order valence-corrected chi connectivity index (χ3v) is 2.97. The Balaban J connectivity index is 2.77. The Kier molecular flexibility index (Phi) is 4.42. The van der Waals surface area contributed by atoms with E-state index in [-0.39, 0.29) is 18.0 Å². The molecule has 0 radical (unpaired) electrons. The molecule has 0 heterocycles. The lowest BCUT2D eigenvalue weighted by atomic mass is 10.0. The first-order valence-corrected chi connectivity index (χ1v) is 5.56. The quantitative estimate of drug-likeness (QED) is 0.916. The van der Waals surface area contributed by atoms with Crippen molar-refractivity contribution in [3.63, 3.8) is 0 Å². The molecule has 82 valence electrons. The number of halogens is 2. The summed E-state index contributed by atoms with van der Waals surface area (Å²) in [6, 6.07) is 3.85. The number of benzene rings is 1. The Morgan fingerprint density at radius 1 is 1.60 bits per heavy atom. The van der Waals surface area contributed by atoms with Gasteiger partial charge in [0.25, 0.3) is 0 Å². The zero-order chi connectivity index (χ0) is 11.4. The highest BCUT2D eigenvalue weighted by Gasteiger charge is 2.13. The first-order chi connectivity index (χ1) is 7.04. The van der Waals surface area contributed by atoms with E-state index in [1.165, 1.54) is 12.1 Å². The van der Waals surface area contributed by atoms with Gasteiger partial charge in [0.2, 0.25) is 0 Å². The van der Waals surface area contributed by atoms with Gasteiger partial charge in [-0.3, -0.25) is 4.79 Å². The van der Waals surface area contributed by atoms with Crippen LogP contribution in [0, 0.1) is 5.82 Å². The van der Waals surface area contributed by atoms with E-state index in [0.29, 0.717) is 10.9 Å². The molecule has 0 amide bonds. The van der Waals surface area contributed by atoms with Gasteiger partial charge in [-0.2, -0.15) is 0 Å². The molecule has 0 aromatic heterocycles. The van der Waals surface area contributed by atoms with Gasteiger partial charge in [0, 0.05) is 10.9 Å². The molecule has 0 bridgehead atoms. The van der Waals surface area contributed by atoms with Crippen molar-refractivity contribution in [3.8, 4) is 0 Å². The molecule has 0 aliphatic heterocycles. The van der Waals surface area contributed by atoms with Crippen molar-refractivity contribution in [3.05, 3.63) is 34.1 Å². The van der Waals surface area contributed by atoms with Crippen LogP contribution in [0.15, 0.2) is 22.7 Å². The van der Waals surface area contributed by atoms with Gasteiger partial charge < -0.3 is 5.73 Å². The second kappa shape index (κ2) is 5.37. The highest BCUT2D eigenvalue weighted by molar-refractivity contribution is 9.10. The summed E-state index contributed by atoms with van der Waals surface area (Å²) in [5, 5.41) is 0. The van der Waals surface area contributed by atoms with Gasteiger partial charge in [-0.25, -0.2) is 4.39 Å². The highest BCUT2D eigenvalue weighted by atomic mass is 79.9. The Hall–Kier alpha value is -0.740. The van der Waals surface area contributed by atoms with Crippen molar-refractivity contribution >= 4 is 21.7 Å². The van der Waals surface area contributed by atoms with E-state index >= 15 is 0 Å². The SMILES string of the molecule is CCC(N)C(=O)Cc1ccc(F)cc1Br. The monoisotopic (exact) mass is 273 g/mol. The van der Waals surface area contributed by atoms with E-state index in [1.807, 2.05) is 6.92 Å². The molecule has 1 aromatic carbocycles. The van der Waals surface area contributed by atoms with Crippen LogP contribution in [-0.4, -0.2) is 11.8 Å². The van der Waals surface area contributed by atoms with Gasteiger partial charge in [-0.05, 0) is 24.1 Å². The van der Waals surface area contributed by atoms with Crippen LogP contribution in [0.5, 0.6) is 0 Å². The number of nitrogens with two attached hydrogens (primary N) is 1. The molecule has 2 nitrogen and oxygen atoms in total. The smallest absolute Gasteiger partial charge is 0.153 e. The summed E-state index contributed by atoms with van der Waals surface area (Å²) in [6.07, 6.45) is 0.869. The molecule has 1 aromatic rings. The van der Waals surface area contributed by atoms with Crippen molar-refractivity contribution in [2.45, 2.75) is 25.8 Å². The first kappa shape index (κ1) is 12.3. The van der Waals surface area contributed by atoms with E-state index in [4.69, 9.17) is 5.73 Å². The van der Waals surface area contributed by atoms with Gasteiger partial charge in [0.05, 0.1) is 6.04 Å². The predicted octanol–water partition coefficient (Wildman–Crippen LogP) is 2.44. The standard InChI is InChI=1S/C11H13BrFNO/c1-2-10(14)11(15)5-7-3-4-8(13)6-9(7)12/h3-4,6,10H,2,5,14H2,1H3. The molecule has 0 saturated heterocycles. The second-order valence-electron chi connectivity index (χ2n) is 3.39. The summed E-state index contributed by atoms with van der Waals surface area (Å²) in [6.45, 7) is 1.86. The van der Waals surface area contributed by atoms with Gasteiger partial charge >= 0.3 is 0 Å². The maximum Gasteiger partial charge on any atom is 0.153 e. The molecule has 0 spiro atoms. The van der Waals surface area contributed by atoms with E-state index in [9.17, 15) is 9.18 Å². The minimum Gasteiger partial charge on any atom is -0.322 e. The van der Waals surface area contributed by atoms with E-state index in [1.54, 1.807) is 6.07 Å². The molecule has 1 atom stereocenters. The van der Waals surface area contributed by atoms with Gasteiger partial charge in [-0.15, -0.1) is 0 Å². The minimum absolute atomic E-state index is 0.0233. The Morgan fingerprint density at radius 3 is 2.80 bits per heavy atom. The van der Waals surface area contributed by atoms with Crippen LogP contribution in [-0.2, 0) is 11.2 Å². The number of hydrogen-bond donors (Lipinski definition) is 1. The van der Waals surface area contributed by atoms with E-state index in [0.717, 1.165) is 5.56 Å². The van der Waals surface area contributed by atoms with Crippen LogP contribution in [0.25, 0.3) is 0 Å². The van der Waals surface area contributed by atoms with Crippen molar-refractivity contribution in [1.82, 2.24) is 0 Å². The largest absolute Gasteiger partial charge is 0.322 e. The summed E-state index contributed by atoms with van der Waals surface area (Å²) < 4.78 is 13.4. The molecule has 4 heteroatoms. The third kappa shape index (κ3) is 3.39. The van der Waals surface area contributed by atoms with Crippen LogP contribution < -0.4 is 5.73 Å². The Bertz CT molecular complexity index is 368. The van der Waals surface area contributed by atoms with Crippen molar-refractivity contribution in [1.29, 1.82) is 0 Å². The molecular weight excluding hydrogens is 261 g/mol. The number of Topliss-reactive ketones (excluding diaryl/α,β-unsaturated/α-hetero) is 1. The van der Waals surface area contributed by atoms with Crippen molar-refractivity contribution in [2.75, 3.05) is 0 Å². The average molecular weight is 274 g/mol. The third-order valence-electron chi connectivity index (χ3n) is 2.23. The summed E-state index contributed by atoms with van der Waals surface area (Å²) in [5.74, 6) is -0.345. The zero-order valence-corrected chi connectivity index (χ0v) is 10.1. The van der Waals surface area contributed by atoms with Gasteiger partial charge in [-0.1, -0.05) is 28.9 Å². The number of carbonyl (C=O) groups excluding carboxylic acids is 1. The summed E-state index contributed by atoms with van der Waals surface area (Å²) >= 11 is 3.21. The van der Waals surface area contributed by atoms with Crippen LogP contribution in [0.2, 0.25) is 0 Å². The normalized spacial score (nSPS) is 12.5.